The van der Waals surface area contributed by atoms with Crippen LogP contribution in [0.1, 0.15) is 5.69 Å². The molecule has 0 aliphatic rings. The van der Waals surface area contributed by atoms with E-state index in [0.29, 0.717) is 12.1 Å². The van der Waals surface area contributed by atoms with E-state index in [-0.39, 0.29) is 28.3 Å². The van der Waals surface area contributed by atoms with Gasteiger partial charge in [0.05, 0.1) is 11.9 Å². The van der Waals surface area contributed by atoms with Crippen LogP contribution in [0.5, 0.6) is 5.75 Å². The van der Waals surface area contributed by atoms with Crippen LogP contribution in [0.4, 0.5) is 28.0 Å². The highest BCUT2D eigenvalue weighted by Gasteiger charge is 2.17. The first-order chi connectivity index (χ1) is 12.9. The van der Waals surface area contributed by atoms with Gasteiger partial charge in [-0.2, -0.15) is 5.10 Å². The predicted octanol–water partition coefficient (Wildman–Crippen LogP) is 4.58. The summed E-state index contributed by atoms with van der Waals surface area (Å²) in [4.78, 5) is 12.1. The van der Waals surface area contributed by atoms with Crippen LogP contribution in [-0.2, 0) is 13.7 Å². The topological polar surface area (TPSA) is 56.1 Å². The second kappa shape index (κ2) is 7.48. The highest BCUT2D eigenvalue weighted by Crippen LogP contribution is 2.31. The van der Waals surface area contributed by atoms with E-state index in [0.717, 1.165) is 0 Å². The number of nitrogens with one attached hydrogen (secondary N) is 1. The van der Waals surface area contributed by atoms with Crippen molar-refractivity contribution in [3.63, 3.8) is 0 Å². The van der Waals surface area contributed by atoms with E-state index in [9.17, 15) is 22.4 Å². The van der Waals surface area contributed by atoms with Gasteiger partial charge in [0.1, 0.15) is 18.2 Å². The summed E-state index contributed by atoms with van der Waals surface area (Å²) in [6.45, 7) is -0.930. The fraction of sp³-hybridized carbons (Fsp3) is 0.111. The molecule has 0 saturated carbocycles. The molecule has 3 rings (SSSR count). The second-order valence-corrected chi connectivity index (χ2v) is 5.55. The molecule has 0 aliphatic carbocycles. The van der Waals surface area contributed by atoms with E-state index in [2.05, 4.69) is 10.4 Å². The van der Waals surface area contributed by atoms with E-state index in [4.69, 9.17) is 4.74 Å². The van der Waals surface area contributed by atoms with E-state index in [1.165, 1.54) is 36.1 Å². The minimum atomic E-state index is -1.32. The molecule has 0 bridgehead atoms. The molecule has 1 aromatic heterocycles. The SMILES string of the molecule is Cn1cc(OC(=O)Nc2ccccc2-c2cc(F)c(F)cc2F)c(CF)n1. The first-order valence-corrected chi connectivity index (χ1v) is 7.70. The van der Waals surface area contributed by atoms with Crippen LogP contribution in [0.25, 0.3) is 11.1 Å². The highest BCUT2D eigenvalue weighted by atomic mass is 19.2. The number of hydrogen-bond donors (Lipinski definition) is 1. The van der Waals surface area contributed by atoms with Crippen molar-refractivity contribution >= 4 is 11.8 Å². The molecule has 1 N–H and O–H groups in total. The molecule has 0 fully saturated rings. The molecule has 0 unspecified atom stereocenters. The number of carbonyl (C=O) groups is 1. The zero-order valence-electron chi connectivity index (χ0n) is 14.0. The zero-order valence-corrected chi connectivity index (χ0v) is 14.0. The van der Waals surface area contributed by atoms with Crippen molar-refractivity contribution in [1.82, 2.24) is 9.78 Å². The van der Waals surface area contributed by atoms with Crippen molar-refractivity contribution in [2.75, 3.05) is 5.32 Å². The smallest absolute Gasteiger partial charge is 0.406 e. The number of halogens is 4. The first-order valence-electron chi connectivity index (χ1n) is 7.70. The Kier molecular flexibility index (Phi) is 5.11. The number of aromatic nitrogens is 2. The predicted molar refractivity (Wildman–Crippen MR) is 89.4 cm³/mol. The maximum atomic E-state index is 14.1. The third-order valence-corrected chi connectivity index (χ3v) is 3.66. The van der Waals surface area contributed by atoms with Crippen molar-refractivity contribution < 1.29 is 27.1 Å². The third-order valence-electron chi connectivity index (χ3n) is 3.66. The van der Waals surface area contributed by atoms with Crippen LogP contribution >= 0.6 is 0 Å². The van der Waals surface area contributed by atoms with Crippen molar-refractivity contribution in [2.45, 2.75) is 6.67 Å². The number of para-hydroxylation sites is 1. The van der Waals surface area contributed by atoms with Crippen LogP contribution in [0, 0.1) is 17.5 Å². The molecule has 2 aromatic carbocycles. The summed E-state index contributed by atoms with van der Waals surface area (Å²) < 4.78 is 59.9. The van der Waals surface area contributed by atoms with E-state index in [1.807, 2.05) is 0 Å². The van der Waals surface area contributed by atoms with Crippen molar-refractivity contribution in [1.29, 1.82) is 0 Å². The summed E-state index contributed by atoms with van der Waals surface area (Å²) in [6, 6.07) is 7.05. The molecule has 140 valence electrons. The number of rotatable bonds is 4. The normalized spacial score (nSPS) is 10.7. The van der Waals surface area contributed by atoms with E-state index in [1.54, 1.807) is 6.07 Å². The minimum absolute atomic E-state index is 0.0624. The standard InChI is InChI=1S/C18H13F4N3O2/c1-25-9-17(16(8-19)24-25)27-18(26)23-15-5-3-2-4-10(15)11-6-13(21)14(22)7-12(11)20/h2-7,9H,8H2,1H3,(H,23,26). The molecule has 0 atom stereocenters. The van der Waals surface area contributed by atoms with Crippen LogP contribution in [0.15, 0.2) is 42.6 Å². The van der Waals surface area contributed by atoms with Gasteiger partial charge in [0.15, 0.2) is 17.4 Å². The molecule has 1 heterocycles. The van der Waals surface area contributed by atoms with Gasteiger partial charge in [-0.1, -0.05) is 18.2 Å². The minimum Gasteiger partial charge on any atom is -0.406 e. The second-order valence-electron chi connectivity index (χ2n) is 5.55. The molecule has 0 aliphatic heterocycles. The first kappa shape index (κ1) is 18.4. The lowest BCUT2D eigenvalue weighted by Crippen LogP contribution is -2.17. The van der Waals surface area contributed by atoms with Crippen molar-refractivity contribution in [2.24, 2.45) is 7.05 Å². The van der Waals surface area contributed by atoms with Gasteiger partial charge < -0.3 is 4.74 Å². The van der Waals surface area contributed by atoms with Crippen molar-refractivity contribution in [3.8, 4) is 16.9 Å². The lowest BCUT2D eigenvalue weighted by atomic mass is 10.0. The molecular formula is C18H13F4N3O2. The largest absolute Gasteiger partial charge is 0.417 e. The fourth-order valence-corrected chi connectivity index (χ4v) is 2.48. The number of amides is 1. The van der Waals surface area contributed by atoms with Gasteiger partial charge in [-0.3, -0.25) is 10.00 Å². The number of anilines is 1. The number of nitrogens with zero attached hydrogens (tertiary/aromatic N) is 2. The van der Waals surface area contributed by atoms with E-state index < -0.39 is 30.2 Å². The number of carbonyl (C=O) groups excluding carboxylic acids is 1. The molecule has 5 nitrogen and oxygen atoms in total. The lowest BCUT2D eigenvalue weighted by Gasteiger charge is -2.12. The lowest BCUT2D eigenvalue weighted by molar-refractivity contribution is 0.214. The van der Waals surface area contributed by atoms with Crippen LogP contribution in [0.2, 0.25) is 0 Å². The number of hydrogen-bond acceptors (Lipinski definition) is 3. The van der Waals surface area contributed by atoms with Crippen molar-refractivity contribution in [3.05, 3.63) is 65.7 Å². The average molecular weight is 379 g/mol. The summed E-state index contributed by atoms with van der Waals surface area (Å²) in [7, 11) is 1.53. The fourth-order valence-electron chi connectivity index (χ4n) is 2.48. The number of benzene rings is 2. The Morgan fingerprint density at radius 3 is 2.56 bits per heavy atom. The van der Waals surface area contributed by atoms with Crippen LogP contribution in [0.3, 0.4) is 0 Å². The quantitative estimate of drug-likeness (QED) is 0.533. The summed E-state index contributed by atoms with van der Waals surface area (Å²) in [5.41, 5.74) is -0.0935. The van der Waals surface area contributed by atoms with Gasteiger partial charge in [-0.05, 0) is 12.1 Å². The van der Waals surface area contributed by atoms with E-state index >= 15 is 0 Å². The molecule has 3 aromatic rings. The molecule has 27 heavy (non-hydrogen) atoms. The maximum Gasteiger partial charge on any atom is 0.417 e. The Hall–Kier alpha value is -3.36. The third kappa shape index (κ3) is 3.91. The average Bonchev–Trinajstić information content (AvgIpc) is 2.98. The zero-order chi connectivity index (χ0) is 19.6. The summed E-state index contributed by atoms with van der Waals surface area (Å²) in [5, 5.41) is 6.17. The Balaban J connectivity index is 1.88. The molecule has 0 radical (unpaired) electrons. The Labute approximate surface area is 151 Å². The van der Waals surface area contributed by atoms with Gasteiger partial charge in [0, 0.05) is 24.2 Å². The number of ether oxygens (including phenoxy) is 1. The van der Waals surface area contributed by atoms with Gasteiger partial charge in [-0.25, -0.2) is 22.4 Å². The molecule has 0 saturated heterocycles. The molecule has 9 heteroatoms. The number of aryl methyl sites for hydroxylation is 1. The Morgan fingerprint density at radius 1 is 1.11 bits per heavy atom. The monoisotopic (exact) mass is 379 g/mol. The van der Waals surface area contributed by atoms with Crippen LogP contribution in [-0.4, -0.2) is 15.9 Å². The highest BCUT2D eigenvalue weighted by molar-refractivity contribution is 5.92. The molecule has 0 spiro atoms. The Morgan fingerprint density at radius 2 is 1.81 bits per heavy atom. The van der Waals surface area contributed by atoms with Gasteiger partial charge >= 0.3 is 6.09 Å². The van der Waals surface area contributed by atoms with Gasteiger partial charge in [0.2, 0.25) is 0 Å². The Bertz CT molecular complexity index is 1000. The summed E-state index contributed by atoms with van der Waals surface area (Å²) in [5.74, 6) is -3.62. The van der Waals surface area contributed by atoms with Gasteiger partial charge in [0.25, 0.3) is 0 Å². The number of alkyl halides is 1. The van der Waals surface area contributed by atoms with Crippen LogP contribution < -0.4 is 10.1 Å². The molecular weight excluding hydrogens is 366 g/mol. The molecule has 1 amide bonds. The summed E-state index contributed by atoms with van der Waals surface area (Å²) >= 11 is 0. The van der Waals surface area contributed by atoms with Gasteiger partial charge in [-0.15, -0.1) is 0 Å². The summed E-state index contributed by atoms with van der Waals surface area (Å²) in [6.07, 6.45) is 0.336. The maximum absolute atomic E-state index is 14.1.